The van der Waals surface area contributed by atoms with Gasteiger partial charge in [0, 0.05) is 6.54 Å². The first-order valence-corrected chi connectivity index (χ1v) is 8.55. The van der Waals surface area contributed by atoms with E-state index in [1.165, 1.54) is 25.4 Å². The maximum atomic E-state index is 13.2. The Labute approximate surface area is 129 Å². The molecule has 1 aromatic heterocycles. The highest BCUT2D eigenvalue weighted by Crippen LogP contribution is 2.14. The van der Waals surface area contributed by atoms with Gasteiger partial charge < -0.3 is 0 Å². The monoisotopic (exact) mass is 326 g/mol. The highest BCUT2D eigenvalue weighted by atomic mass is 32.2. The molecule has 1 heterocycles. The lowest BCUT2D eigenvalue weighted by molar-refractivity contribution is 0.534. The van der Waals surface area contributed by atoms with Gasteiger partial charge in [-0.25, -0.2) is 27.2 Å². The van der Waals surface area contributed by atoms with Crippen molar-refractivity contribution in [1.82, 2.24) is 19.5 Å². The molecule has 8 heteroatoms. The number of unbranched alkanes of at least 4 members (excludes halogenated alkanes) is 1. The van der Waals surface area contributed by atoms with Crippen LogP contribution in [0.4, 0.5) is 4.39 Å². The molecule has 0 aliphatic rings. The minimum absolute atomic E-state index is 0.0334. The maximum Gasteiger partial charge on any atom is 0.240 e. The fraction of sp³-hybridized carbons (Fsp3) is 0.429. The molecular weight excluding hydrogens is 307 g/mol. The summed E-state index contributed by atoms with van der Waals surface area (Å²) in [5.74, 6) is 0.120. The van der Waals surface area contributed by atoms with Crippen LogP contribution < -0.4 is 4.72 Å². The zero-order valence-electron chi connectivity index (χ0n) is 12.6. The zero-order valence-corrected chi connectivity index (χ0v) is 13.4. The molecule has 0 spiro atoms. The Morgan fingerprint density at radius 1 is 1.36 bits per heavy atom. The number of nitrogens with zero attached hydrogens (tertiary/aromatic N) is 3. The smallest absolute Gasteiger partial charge is 0.240 e. The number of hydrogen-bond acceptors (Lipinski definition) is 4. The van der Waals surface area contributed by atoms with Crippen molar-refractivity contribution >= 4 is 10.0 Å². The standard InChI is InChI=1S/C14H19FN4O2S/c1-3-4-7-19-14(16-10-17-19)9-18-22(20,21)12-5-6-13(15)11(2)8-12/h5-6,8,10,18H,3-4,7,9H2,1-2H3. The molecule has 0 saturated heterocycles. The van der Waals surface area contributed by atoms with Gasteiger partial charge >= 0.3 is 0 Å². The molecule has 22 heavy (non-hydrogen) atoms. The van der Waals surface area contributed by atoms with Crippen molar-refractivity contribution in [2.45, 2.75) is 44.7 Å². The molecule has 0 amide bonds. The van der Waals surface area contributed by atoms with Crippen molar-refractivity contribution in [3.63, 3.8) is 0 Å². The number of nitrogens with one attached hydrogen (secondary N) is 1. The van der Waals surface area contributed by atoms with E-state index >= 15 is 0 Å². The lowest BCUT2D eigenvalue weighted by atomic mass is 10.2. The second-order valence-corrected chi connectivity index (χ2v) is 6.76. The van der Waals surface area contributed by atoms with E-state index in [1.807, 2.05) is 0 Å². The van der Waals surface area contributed by atoms with Gasteiger partial charge in [-0.15, -0.1) is 0 Å². The van der Waals surface area contributed by atoms with Gasteiger partial charge in [-0.1, -0.05) is 13.3 Å². The molecule has 6 nitrogen and oxygen atoms in total. The Bertz CT molecular complexity index is 743. The molecule has 2 rings (SSSR count). The van der Waals surface area contributed by atoms with Crippen LogP contribution in [0.25, 0.3) is 0 Å². The third kappa shape index (κ3) is 3.89. The van der Waals surface area contributed by atoms with Crippen LogP contribution in [0, 0.1) is 12.7 Å². The molecule has 0 radical (unpaired) electrons. The zero-order chi connectivity index (χ0) is 16.2. The number of halogens is 1. The lowest BCUT2D eigenvalue weighted by Gasteiger charge is -2.09. The molecule has 120 valence electrons. The molecule has 2 aromatic rings. The van der Waals surface area contributed by atoms with Gasteiger partial charge in [0.2, 0.25) is 10.0 Å². The Morgan fingerprint density at radius 3 is 2.82 bits per heavy atom. The van der Waals surface area contributed by atoms with Crippen molar-refractivity contribution in [2.75, 3.05) is 0 Å². The van der Waals surface area contributed by atoms with Crippen LogP contribution in [-0.4, -0.2) is 23.2 Å². The number of benzene rings is 1. The van der Waals surface area contributed by atoms with E-state index in [9.17, 15) is 12.8 Å². The molecule has 0 aliphatic heterocycles. The second-order valence-electron chi connectivity index (χ2n) is 4.99. The SMILES string of the molecule is CCCCn1ncnc1CNS(=O)(=O)c1ccc(F)c(C)c1. The van der Waals surface area contributed by atoms with Gasteiger partial charge in [-0.2, -0.15) is 5.10 Å². The van der Waals surface area contributed by atoms with Gasteiger partial charge in [-0.05, 0) is 37.1 Å². The first-order valence-electron chi connectivity index (χ1n) is 7.06. The highest BCUT2D eigenvalue weighted by molar-refractivity contribution is 7.89. The number of hydrogen-bond donors (Lipinski definition) is 1. The summed E-state index contributed by atoms with van der Waals surface area (Å²) in [5, 5.41) is 4.07. The summed E-state index contributed by atoms with van der Waals surface area (Å²) < 4.78 is 41.8. The van der Waals surface area contributed by atoms with Gasteiger partial charge in [0.15, 0.2) is 0 Å². The number of aromatic nitrogens is 3. The molecule has 0 saturated carbocycles. The average Bonchev–Trinajstić information content (AvgIpc) is 2.93. The first kappa shape index (κ1) is 16.6. The Kier molecular flexibility index (Phi) is 5.25. The fourth-order valence-corrected chi connectivity index (χ4v) is 3.01. The van der Waals surface area contributed by atoms with Crippen molar-refractivity contribution in [3.8, 4) is 0 Å². The minimum Gasteiger partial charge on any atom is -0.249 e. The Morgan fingerprint density at radius 2 is 2.14 bits per heavy atom. The minimum atomic E-state index is -3.71. The van der Waals surface area contributed by atoms with Crippen molar-refractivity contribution < 1.29 is 12.8 Å². The second kappa shape index (κ2) is 6.97. The van der Waals surface area contributed by atoms with E-state index in [-0.39, 0.29) is 17.0 Å². The van der Waals surface area contributed by atoms with Crippen molar-refractivity contribution in [3.05, 3.63) is 41.7 Å². The fourth-order valence-electron chi connectivity index (χ4n) is 1.95. The normalized spacial score (nSPS) is 11.8. The summed E-state index contributed by atoms with van der Waals surface area (Å²) >= 11 is 0. The third-order valence-corrected chi connectivity index (χ3v) is 4.68. The first-order chi connectivity index (χ1) is 10.4. The van der Waals surface area contributed by atoms with E-state index in [4.69, 9.17) is 0 Å². The molecule has 0 aliphatic carbocycles. The van der Waals surface area contributed by atoms with E-state index in [0.717, 1.165) is 18.9 Å². The lowest BCUT2D eigenvalue weighted by Crippen LogP contribution is -2.25. The van der Waals surface area contributed by atoms with E-state index in [1.54, 1.807) is 4.68 Å². The molecule has 0 fully saturated rings. The van der Waals surface area contributed by atoms with Crippen molar-refractivity contribution in [1.29, 1.82) is 0 Å². The van der Waals surface area contributed by atoms with Gasteiger partial charge in [0.05, 0.1) is 11.4 Å². The quantitative estimate of drug-likeness (QED) is 0.844. The third-order valence-electron chi connectivity index (χ3n) is 3.28. The van der Waals surface area contributed by atoms with Crippen LogP contribution in [0.2, 0.25) is 0 Å². The van der Waals surface area contributed by atoms with Gasteiger partial charge in [0.1, 0.15) is 18.0 Å². The summed E-state index contributed by atoms with van der Waals surface area (Å²) in [6.45, 7) is 4.33. The summed E-state index contributed by atoms with van der Waals surface area (Å²) in [5.41, 5.74) is 0.286. The van der Waals surface area contributed by atoms with Crippen molar-refractivity contribution in [2.24, 2.45) is 0 Å². The molecule has 0 atom stereocenters. The van der Waals surface area contributed by atoms with Crippen LogP contribution in [-0.2, 0) is 23.1 Å². The van der Waals surface area contributed by atoms with Gasteiger partial charge in [0.25, 0.3) is 0 Å². The summed E-state index contributed by atoms with van der Waals surface area (Å²) in [4.78, 5) is 4.10. The highest BCUT2D eigenvalue weighted by Gasteiger charge is 2.16. The van der Waals surface area contributed by atoms with E-state index < -0.39 is 15.8 Å². The molecule has 1 N–H and O–H groups in total. The Hall–Kier alpha value is -1.80. The molecule has 1 aromatic carbocycles. The number of sulfonamides is 1. The van der Waals surface area contributed by atoms with Crippen LogP contribution in [0.3, 0.4) is 0 Å². The van der Waals surface area contributed by atoms with Crippen LogP contribution >= 0.6 is 0 Å². The van der Waals surface area contributed by atoms with Crippen LogP contribution in [0.5, 0.6) is 0 Å². The average molecular weight is 326 g/mol. The molecule has 0 bridgehead atoms. The van der Waals surface area contributed by atoms with Crippen LogP contribution in [0.1, 0.15) is 31.2 Å². The van der Waals surface area contributed by atoms with Gasteiger partial charge in [-0.3, -0.25) is 0 Å². The number of rotatable bonds is 7. The molecular formula is C14H19FN4O2S. The summed E-state index contributed by atoms with van der Waals surface area (Å²) in [6.07, 6.45) is 3.36. The maximum absolute atomic E-state index is 13.2. The topological polar surface area (TPSA) is 76.9 Å². The number of aryl methyl sites for hydroxylation is 2. The van der Waals surface area contributed by atoms with Crippen LogP contribution in [0.15, 0.2) is 29.4 Å². The predicted octanol–water partition coefficient (Wildman–Crippen LogP) is 2.00. The largest absolute Gasteiger partial charge is 0.249 e. The van der Waals surface area contributed by atoms with E-state index in [0.29, 0.717) is 12.4 Å². The molecule has 0 unspecified atom stereocenters. The summed E-state index contributed by atoms with van der Waals surface area (Å²) in [6, 6.07) is 3.69. The summed E-state index contributed by atoms with van der Waals surface area (Å²) in [7, 11) is -3.71. The van der Waals surface area contributed by atoms with E-state index in [2.05, 4.69) is 21.7 Å². The predicted molar refractivity (Wildman–Crippen MR) is 80.1 cm³/mol. The Balaban J connectivity index is 2.09.